The van der Waals surface area contributed by atoms with Crippen LogP contribution in [0.4, 0.5) is 17.1 Å². The van der Waals surface area contributed by atoms with Gasteiger partial charge in [-0.2, -0.15) is 0 Å². The summed E-state index contributed by atoms with van der Waals surface area (Å²) in [5, 5.41) is 9.39. The summed E-state index contributed by atoms with van der Waals surface area (Å²) in [6.07, 6.45) is 0. The van der Waals surface area contributed by atoms with Crippen LogP contribution in [0.2, 0.25) is 0 Å². The number of hydrogen-bond donors (Lipinski definition) is 0. The third-order valence-electron chi connectivity index (χ3n) is 13.7. The van der Waals surface area contributed by atoms with Gasteiger partial charge in [-0.3, -0.25) is 0 Å². The number of anilines is 3. The maximum atomic E-state index is 6.93. The van der Waals surface area contributed by atoms with E-state index >= 15 is 0 Å². The number of fused-ring (bicyclic) bond motifs is 10. The second-order valence-electron chi connectivity index (χ2n) is 17.5. The zero-order chi connectivity index (χ0) is 44.7. The molecule has 0 aliphatic rings. The van der Waals surface area contributed by atoms with Gasteiger partial charge in [-0.05, 0) is 111 Å². The average molecular weight is 886 g/mol. The molecule has 0 amide bonds. The lowest BCUT2D eigenvalue weighted by Gasteiger charge is -2.27. The van der Waals surface area contributed by atoms with E-state index in [9.17, 15) is 0 Å². The molecule has 0 unspecified atom stereocenters. The van der Waals surface area contributed by atoms with Gasteiger partial charge in [-0.25, -0.2) is 0 Å². The van der Waals surface area contributed by atoms with E-state index in [2.05, 4.69) is 229 Å². The van der Waals surface area contributed by atoms with Gasteiger partial charge in [0.1, 0.15) is 22.3 Å². The van der Waals surface area contributed by atoms with E-state index in [1.54, 1.807) is 0 Å². The second kappa shape index (κ2) is 15.5. The number of furan rings is 2. The van der Waals surface area contributed by atoms with E-state index < -0.39 is 0 Å². The predicted molar refractivity (Wildman–Crippen MR) is 288 cm³/mol. The number of para-hydroxylation sites is 3. The second-order valence-corrected chi connectivity index (χ2v) is 18.6. The minimum Gasteiger partial charge on any atom is -0.455 e. The highest BCUT2D eigenvalue weighted by Crippen LogP contribution is 2.48. The monoisotopic (exact) mass is 885 g/mol. The molecule has 68 heavy (non-hydrogen) atoms. The predicted octanol–water partition coefficient (Wildman–Crippen LogP) is 19.1. The summed E-state index contributed by atoms with van der Waals surface area (Å²) in [4.78, 5) is 2.38. The van der Waals surface area contributed by atoms with E-state index in [4.69, 9.17) is 8.83 Å². The Balaban J connectivity index is 0.928. The highest BCUT2D eigenvalue weighted by Gasteiger charge is 2.24. The van der Waals surface area contributed by atoms with Crippen molar-refractivity contribution in [3.63, 3.8) is 0 Å². The van der Waals surface area contributed by atoms with Gasteiger partial charge < -0.3 is 13.7 Å². The average Bonchev–Trinajstić information content (AvgIpc) is 4.11. The Labute approximate surface area is 396 Å². The molecule has 14 rings (SSSR count). The van der Waals surface area contributed by atoms with Gasteiger partial charge >= 0.3 is 0 Å². The van der Waals surface area contributed by atoms with Crippen molar-refractivity contribution in [1.29, 1.82) is 0 Å². The van der Waals surface area contributed by atoms with Crippen molar-refractivity contribution in [3.8, 4) is 44.5 Å². The van der Waals surface area contributed by atoms with Crippen LogP contribution >= 0.6 is 11.3 Å². The SMILES string of the molecule is c1cc(-c2ccc(N(c3ccc(-c4cccc5c4oc4ccccc45)cc3)c3ccc(-c4cccc5ccccc45)c4oc5ccccc5c34)cc2)cc(-c2cccc3sc4ccccc4c23)c1. The molecule has 4 heteroatoms. The third kappa shape index (κ3) is 6.12. The zero-order valence-electron chi connectivity index (χ0n) is 36.7. The van der Waals surface area contributed by atoms with Gasteiger partial charge in [-0.1, -0.05) is 170 Å². The topological polar surface area (TPSA) is 29.5 Å². The summed E-state index contributed by atoms with van der Waals surface area (Å²) < 4.78 is 16.0. The van der Waals surface area contributed by atoms with Gasteiger partial charge in [0, 0.05) is 58.8 Å². The van der Waals surface area contributed by atoms with E-state index in [0.29, 0.717) is 0 Å². The van der Waals surface area contributed by atoms with Gasteiger partial charge in [0.25, 0.3) is 0 Å². The summed E-state index contributed by atoms with van der Waals surface area (Å²) in [7, 11) is 0. The van der Waals surface area contributed by atoms with Crippen LogP contribution in [0.1, 0.15) is 0 Å². The molecule has 0 N–H and O–H groups in total. The fourth-order valence-electron chi connectivity index (χ4n) is 10.5. The molecule has 0 radical (unpaired) electrons. The van der Waals surface area contributed by atoms with Gasteiger partial charge in [0.15, 0.2) is 0 Å². The molecule has 0 bridgehead atoms. The van der Waals surface area contributed by atoms with Gasteiger partial charge in [0.05, 0.1) is 11.1 Å². The van der Waals surface area contributed by atoms with Crippen LogP contribution < -0.4 is 4.90 Å². The standard InChI is InChI=1S/C64H39NO2S/c1-2-17-47-41(13-1)14-10-23-50(47)53-37-38-56(62-54-19-4-7-26-58(54)67-64(53)62)65(46-35-31-42(32-36-46)49-22-11-24-52-51-18-3-6-25-57(51)66-63(49)52)45-33-29-40(30-34-45)43-15-9-16-44(39-43)48-21-12-28-60-61(48)55-20-5-8-27-59(55)68-60/h1-39H. The van der Waals surface area contributed by atoms with Crippen LogP contribution in [0.5, 0.6) is 0 Å². The Morgan fingerprint density at radius 1 is 0.309 bits per heavy atom. The number of thiophene rings is 1. The lowest BCUT2D eigenvalue weighted by Crippen LogP contribution is -2.10. The molecule has 14 aromatic rings. The first-order valence-electron chi connectivity index (χ1n) is 23.1. The van der Waals surface area contributed by atoms with E-state index in [1.807, 2.05) is 23.5 Å². The number of hydrogen-bond acceptors (Lipinski definition) is 4. The minimum absolute atomic E-state index is 0.854. The van der Waals surface area contributed by atoms with Crippen LogP contribution in [-0.4, -0.2) is 0 Å². The molecule has 0 aliphatic carbocycles. The van der Waals surface area contributed by atoms with Crippen LogP contribution in [0.15, 0.2) is 245 Å². The molecule has 3 heterocycles. The molecule has 0 fully saturated rings. The Morgan fingerprint density at radius 3 is 1.72 bits per heavy atom. The fraction of sp³-hybridized carbons (Fsp3) is 0. The molecule has 0 aliphatic heterocycles. The van der Waals surface area contributed by atoms with Crippen molar-refractivity contribution >= 4 is 103 Å². The first-order valence-corrected chi connectivity index (χ1v) is 23.9. The maximum absolute atomic E-state index is 6.93. The van der Waals surface area contributed by atoms with Crippen LogP contribution in [0.3, 0.4) is 0 Å². The summed E-state index contributed by atoms with van der Waals surface area (Å²) in [5.41, 5.74) is 15.8. The summed E-state index contributed by atoms with van der Waals surface area (Å²) in [5.74, 6) is 0. The van der Waals surface area contributed by atoms with Crippen molar-refractivity contribution in [2.24, 2.45) is 0 Å². The molecule has 0 saturated heterocycles. The van der Waals surface area contributed by atoms with Crippen LogP contribution in [0.25, 0.3) is 119 Å². The Bertz CT molecular complexity index is 4260. The molecule has 0 atom stereocenters. The van der Waals surface area contributed by atoms with Crippen molar-refractivity contribution in [2.75, 3.05) is 4.90 Å². The molecule has 318 valence electrons. The lowest BCUT2D eigenvalue weighted by molar-refractivity contribution is 0.669. The smallest absolute Gasteiger partial charge is 0.145 e. The lowest BCUT2D eigenvalue weighted by atomic mass is 9.95. The zero-order valence-corrected chi connectivity index (χ0v) is 37.5. The Hall–Kier alpha value is -8.70. The minimum atomic E-state index is 0.854. The van der Waals surface area contributed by atoms with Crippen molar-refractivity contribution in [2.45, 2.75) is 0 Å². The van der Waals surface area contributed by atoms with Gasteiger partial charge in [-0.15, -0.1) is 11.3 Å². The molecular formula is C64H39NO2S. The molecular weight excluding hydrogens is 847 g/mol. The maximum Gasteiger partial charge on any atom is 0.145 e. The summed E-state index contributed by atoms with van der Waals surface area (Å²) in [6.45, 7) is 0. The van der Waals surface area contributed by atoms with Crippen LogP contribution in [0, 0.1) is 0 Å². The highest BCUT2D eigenvalue weighted by molar-refractivity contribution is 7.25. The number of rotatable bonds is 7. The van der Waals surface area contributed by atoms with E-state index in [1.165, 1.54) is 47.6 Å². The Morgan fingerprint density at radius 2 is 0.882 bits per heavy atom. The van der Waals surface area contributed by atoms with Gasteiger partial charge in [0.2, 0.25) is 0 Å². The molecule has 0 saturated carbocycles. The number of nitrogens with zero attached hydrogens (tertiary/aromatic N) is 1. The normalized spacial score (nSPS) is 11.8. The quantitative estimate of drug-likeness (QED) is 0.160. The number of benzene rings is 11. The highest BCUT2D eigenvalue weighted by atomic mass is 32.1. The van der Waals surface area contributed by atoms with E-state index in [-0.39, 0.29) is 0 Å². The summed E-state index contributed by atoms with van der Waals surface area (Å²) >= 11 is 1.86. The molecule has 3 aromatic heterocycles. The molecule has 3 nitrogen and oxygen atoms in total. The van der Waals surface area contributed by atoms with Crippen molar-refractivity contribution < 1.29 is 8.83 Å². The molecule has 11 aromatic carbocycles. The third-order valence-corrected chi connectivity index (χ3v) is 14.8. The van der Waals surface area contributed by atoms with Crippen molar-refractivity contribution in [1.82, 2.24) is 0 Å². The van der Waals surface area contributed by atoms with E-state index in [0.717, 1.165) is 88.8 Å². The summed E-state index contributed by atoms with van der Waals surface area (Å²) in [6, 6.07) is 85.1. The molecule has 0 spiro atoms. The van der Waals surface area contributed by atoms with Crippen LogP contribution in [-0.2, 0) is 0 Å². The largest absolute Gasteiger partial charge is 0.455 e. The van der Waals surface area contributed by atoms with Crippen molar-refractivity contribution in [3.05, 3.63) is 237 Å². The first kappa shape index (κ1) is 38.6. The fourth-order valence-corrected chi connectivity index (χ4v) is 11.7. The Kier molecular flexibility index (Phi) is 8.76. The first-order chi connectivity index (χ1) is 33.7.